The van der Waals surface area contributed by atoms with E-state index in [0.717, 1.165) is 29.9 Å². The van der Waals surface area contributed by atoms with Gasteiger partial charge in [-0.15, -0.1) is 0 Å². The van der Waals surface area contributed by atoms with E-state index in [4.69, 9.17) is 4.74 Å². The van der Waals surface area contributed by atoms with Crippen molar-refractivity contribution in [1.29, 1.82) is 0 Å². The summed E-state index contributed by atoms with van der Waals surface area (Å²) in [4.78, 5) is 15.1. The number of morpholine rings is 1. The zero-order valence-electron chi connectivity index (χ0n) is 20.5. The zero-order valence-corrected chi connectivity index (χ0v) is 21.3. The largest absolute Gasteiger partial charge is 0.372 e. The number of nitrogens with zero attached hydrogens (tertiary/aromatic N) is 1. The van der Waals surface area contributed by atoms with Crippen molar-refractivity contribution in [1.82, 2.24) is 0 Å². The van der Waals surface area contributed by atoms with E-state index in [2.05, 4.69) is 42.6 Å². The summed E-state index contributed by atoms with van der Waals surface area (Å²) < 4.78 is 32.1. The molecule has 1 heterocycles. The molecule has 0 aromatic heterocycles. The summed E-state index contributed by atoms with van der Waals surface area (Å²) in [6.07, 6.45) is 0.338. The van der Waals surface area contributed by atoms with Crippen LogP contribution in [0.15, 0.2) is 36.4 Å². The van der Waals surface area contributed by atoms with Crippen LogP contribution in [-0.4, -0.2) is 44.4 Å². The molecule has 2 aromatic rings. The summed E-state index contributed by atoms with van der Waals surface area (Å²) in [5.41, 5.74) is 4.98. The Balaban J connectivity index is 1.73. The Kier molecular flexibility index (Phi) is 7.10. The van der Waals surface area contributed by atoms with Crippen LogP contribution in [0.4, 0.5) is 17.1 Å². The number of carbonyl (C=O) groups is 1. The minimum atomic E-state index is -3.52. The highest BCUT2D eigenvalue weighted by atomic mass is 32.2. The Labute approximate surface area is 197 Å². The van der Waals surface area contributed by atoms with Crippen molar-refractivity contribution < 1.29 is 17.9 Å². The van der Waals surface area contributed by atoms with Gasteiger partial charge < -0.3 is 15.0 Å². The van der Waals surface area contributed by atoms with Gasteiger partial charge in [-0.1, -0.05) is 0 Å². The van der Waals surface area contributed by atoms with Crippen molar-refractivity contribution in [3.8, 4) is 0 Å². The number of anilines is 3. The van der Waals surface area contributed by atoms with Crippen LogP contribution in [-0.2, 0) is 14.8 Å². The molecule has 8 heteroatoms. The van der Waals surface area contributed by atoms with E-state index < -0.39 is 14.8 Å². The maximum absolute atomic E-state index is 12.8. The van der Waals surface area contributed by atoms with Crippen LogP contribution in [0.3, 0.4) is 0 Å². The fraction of sp³-hybridized carbons (Fsp3) is 0.480. The maximum atomic E-state index is 12.8. The lowest BCUT2D eigenvalue weighted by molar-refractivity contribution is -0.00527. The maximum Gasteiger partial charge on any atom is 0.255 e. The number of sulfonamides is 1. The molecule has 3 rings (SSSR count). The standard InChI is InChI=1S/C25H35N3O4S/c1-16-12-22(13-17(2)23(16)28-14-18(3)32-19(4)15-28)26-24(29)20-8-10-21(11-9-20)27-33(30,31)25(5,6)7/h8-13,18-19,27H,14-15H2,1-7H3,(H,26,29)/t18-,19+. The Bertz CT molecular complexity index is 1090. The molecule has 0 unspecified atom stereocenters. The second-order valence-corrected chi connectivity index (χ2v) is 12.3. The SMILES string of the molecule is Cc1cc(NC(=O)c2ccc(NS(=O)(=O)C(C)(C)C)cc2)cc(C)c1N1C[C@@H](C)O[C@@H](C)C1. The lowest BCUT2D eigenvalue weighted by Crippen LogP contribution is -2.46. The Morgan fingerprint density at radius 1 is 0.970 bits per heavy atom. The van der Waals surface area contributed by atoms with Crippen LogP contribution >= 0.6 is 0 Å². The molecular weight excluding hydrogens is 438 g/mol. The minimum Gasteiger partial charge on any atom is -0.372 e. The van der Waals surface area contributed by atoms with Gasteiger partial charge in [-0.05, 0) is 96.0 Å². The molecule has 33 heavy (non-hydrogen) atoms. The van der Waals surface area contributed by atoms with Gasteiger partial charge in [0, 0.05) is 35.7 Å². The first-order valence-electron chi connectivity index (χ1n) is 11.2. The highest BCUT2D eigenvalue weighted by Crippen LogP contribution is 2.31. The van der Waals surface area contributed by atoms with E-state index >= 15 is 0 Å². The van der Waals surface area contributed by atoms with Crippen LogP contribution in [0.1, 0.15) is 56.1 Å². The first-order chi connectivity index (χ1) is 15.3. The third-order valence-corrected chi connectivity index (χ3v) is 7.81. The lowest BCUT2D eigenvalue weighted by atomic mass is 10.0. The molecule has 0 bridgehead atoms. The van der Waals surface area contributed by atoms with E-state index in [1.807, 2.05) is 12.1 Å². The molecule has 0 spiro atoms. The van der Waals surface area contributed by atoms with Gasteiger partial charge >= 0.3 is 0 Å². The summed E-state index contributed by atoms with van der Waals surface area (Å²) in [6, 6.07) is 10.4. The average molecular weight is 474 g/mol. The van der Waals surface area contributed by atoms with Crippen LogP contribution in [0.2, 0.25) is 0 Å². The first-order valence-corrected chi connectivity index (χ1v) is 12.7. The molecule has 2 atom stereocenters. The number of hydrogen-bond donors (Lipinski definition) is 2. The summed E-state index contributed by atoms with van der Waals surface area (Å²) in [6.45, 7) is 14.8. The van der Waals surface area contributed by atoms with Gasteiger partial charge in [-0.2, -0.15) is 0 Å². The van der Waals surface area contributed by atoms with E-state index in [9.17, 15) is 13.2 Å². The van der Waals surface area contributed by atoms with Gasteiger partial charge in [0.25, 0.3) is 5.91 Å². The molecule has 1 amide bonds. The topological polar surface area (TPSA) is 87.7 Å². The predicted octanol–water partition coefficient (Wildman–Crippen LogP) is 4.71. The van der Waals surface area contributed by atoms with Crippen molar-refractivity contribution in [2.75, 3.05) is 28.0 Å². The summed E-state index contributed by atoms with van der Waals surface area (Å²) in [5.74, 6) is -0.250. The second kappa shape index (κ2) is 9.35. The number of benzene rings is 2. The third kappa shape index (κ3) is 5.86. The molecule has 0 aliphatic carbocycles. The molecule has 2 N–H and O–H groups in total. The number of amides is 1. The first kappa shape index (κ1) is 25.1. The molecule has 1 aliphatic rings. The van der Waals surface area contributed by atoms with Crippen molar-refractivity contribution >= 4 is 33.0 Å². The van der Waals surface area contributed by atoms with Gasteiger partial charge in [0.1, 0.15) is 0 Å². The smallest absolute Gasteiger partial charge is 0.255 e. The number of carbonyl (C=O) groups excluding carboxylic acids is 1. The predicted molar refractivity (Wildman–Crippen MR) is 135 cm³/mol. The Morgan fingerprint density at radius 2 is 1.48 bits per heavy atom. The summed E-state index contributed by atoms with van der Waals surface area (Å²) in [7, 11) is -3.52. The third-order valence-electron chi connectivity index (χ3n) is 5.69. The molecule has 1 fully saturated rings. The van der Waals surface area contributed by atoms with Crippen LogP contribution in [0.5, 0.6) is 0 Å². The normalized spacial score (nSPS) is 19.3. The zero-order chi connectivity index (χ0) is 24.6. The van der Waals surface area contributed by atoms with Crippen LogP contribution < -0.4 is 14.9 Å². The second-order valence-electron chi connectivity index (χ2n) is 9.87. The van der Waals surface area contributed by atoms with E-state index in [0.29, 0.717) is 11.3 Å². The van der Waals surface area contributed by atoms with Gasteiger partial charge in [0.15, 0.2) is 0 Å². The molecule has 0 radical (unpaired) electrons. The van der Waals surface area contributed by atoms with Gasteiger partial charge in [0.2, 0.25) is 10.0 Å². The van der Waals surface area contributed by atoms with Crippen LogP contribution in [0, 0.1) is 13.8 Å². The summed E-state index contributed by atoms with van der Waals surface area (Å²) >= 11 is 0. The molecular formula is C25H35N3O4S. The fourth-order valence-electron chi connectivity index (χ4n) is 4.09. The van der Waals surface area contributed by atoms with Crippen LogP contribution in [0.25, 0.3) is 0 Å². The van der Waals surface area contributed by atoms with E-state index in [-0.39, 0.29) is 18.1 Å². The lowest BCUT2D eigenvalue weighted by Gasteiger charge is -2.38. The van der Waals surface area contributed by atoms with Crippen molar-refractivity contribution in [2.24, 2.45) is 0 Å². The van der Waals surface area contributed by atoms with E-state index in [1.165, 1.54) is 5.69 Å². The molecule has 1 aliphatic heterocycles. The average Bonchev–Trinajstić information content (AvgIpc) is 2.66. The fourth-order valence-corrected chi connectivity index (χ4v) is 4.84. The monoisotopic (exact) mass is 473 g/mol. The highest BCUT2D eigenvalue weighted by molar-refractivity contribution is 7.94. The molecule has 0 saturated carbocycles. The molecule has 2 aromatic carbocycles. The van der Waals surface area contributed by atoms with Gasteiger partial charge in [-0.25, -0.2) is 8.42 Å². The number of ether oxygens (including phenoxy) is 1. The van der Waals surface area contributed by atoms with Gasteiger partial charge in [-0.3, -0.25) is 9.52 Å². The molecule has 1 saturated heterocycles. The number of aryl methyl sites for hydroxylation is 2. The highest BCUT2D eigenvalue weighted by Gasteiger charge is 2.29. The number of rotatable bonds is 5. The molecule has 180 valence electrons. The quantitative estimate of drug-likeness (QED) is 0.657. The van der Waals surface area contributed by atoms with E-state index in [1.54, 1.807) is 45.0 Å². The van der Waals surface area contributed by atoms with Crippen molar-refractivity contribution in [2.45, 2.75) is 65.4 Å². The van der Waals surface area contributed by atoms with Gasteiger partial charge in [0.05, 0.1) is 17.0 Å². The Hall–Kier alpha value is -2.58. The van der Waals surface area contributed by atoms with Crippen molar-refractivity contribution in [3.63, 3.8) is 0 Å². The summed E-state index contributed by atoms with van der Waals surface area (Å²) in [5, 5.41) is 2.96. The number of nitrogens with one attached hydrogen (secondary N) is 2. The Morgan fingerprint density at radius 3 is 1.97 bits per heavy atom. The minimum absolute atomic E-state index is 0.169. The molecule has 7 nitrogen and oxygen atoms in total. The van der Waals surface area contributed by atoms with Crippen molar-refractivity contribution in [3.05, 3.63) is 53.1 Å². The number of hydrogen-bond acceptors (Lipinski definition) is 5.